The second kappa shape index (κ2) is 8.93. The van der Waals surface area contributed by atoms with E-state index in [0.29, 0.717) is 12.5 Å². The number of hydrogen-bond acceptors (Lipinski definition) is 4. The first kappa shape index (κ1) is 18.9. The van der Waals surface area contributed by atoms with Gasteiger partial charge in [0.15, 0.2) is 0 Å². The van der Waals surface area contributed by atoms with Gasteiger partial charge in [-0.1, -0.05) is 26.7 Å². The van der Waals surface area contributed by atoms with Gasteiger partial charge in [0.1, 0.15) is 0 Å². The minimum Gasteiger partial charge on any atom is -0.748 e. The van der Waals surface area contributed by atoms with Gasteiger partial charge in [0, 0.05) is 11.8 Å². The van der Waals surface area contributed by atoms with Crippen LogP contribution in [0.15, 0.2) is 0 Å². The van der Waals surface area contributed by atoms with Crippen LogP contribution in [0.25, 0.3) is 0 Å². The maximum atomic E-state index is 10.6. The van der Waals surface area contributed by atoms with Crippen LogP contribution in [0.2, 0.25) is 0 Å². The van der Waals surface area contributed by atoms with Crippen molar-refractivity contribution in [2.24, 2.45) is 5.92 Å². The zero-order valence-electron chi connectivity index (χ0n) is 11.9. The summed E-state index contributed by atoms with van der Waals surface area (Å²) in [6.45, 7) is 6.05. The number of rotatable bonds is 6. The second-order valence-corrected chi connectivity index (χ2v) is 6.69. The molecule has 102 valence electrons. The minimum absolute atomic E-state index is 0. The molecule has 1 saturated carbocycles. The third-order valence-corrected chi connectivity index (χ3v) is 4.46. The Morgan fingerprint density at radius 1 is 1.33 bits per heavy atom. The smallest absolute Gasteiger partial charge is 0.748 e. The molecular weight excluding hydrogens is 261 g/mol. The molecular formula is C12H24NNaO3S. The third kappa shape index (κ3) is 7.46. The summed E-state index contributed by atoms with van der Waals surface area (Å²) in [6, 6.07) is 0.582. The van der Waals surface area contributed by atoms with Gasteiger partial charge in [-0.05, 0) is 38.3 Å². The van der Waals surface area contributed by atoms with Crippen LogP contribution in [0, 0.1) is 5.92 Å². The van der Waals surface area contributed by atoms with Crippen molar-refractivity contribution in [2.75, 3.05) is 18.8 Å². The van der Waals surface area contributed by atoms with Crippen molar-refractivity contribution in [3.05, 3.63) is 0 Å². The van der Waals surface area contributed by atoms with Crippen LogP contribution in [0.5, 0.6) is 0 Å². The Kier molecular flexibility index (Phi) is 9.36. The Bertz CT molecular complexity index is 321. The van der Waals surface area contributed by atoms with E-state index in [-0.39, 0.29) is 35.3 Å². The monoisotopic (exact) mass is 285 g/mol. The van der Waals surface area contributed by atoms with Crippen molar-refractivity contribution in [1.82, 2.24) is 4.90 Å². The van der Waals surface area contributed by atoms with Gasteiger partial charge in [-0.15, -0.1) is 0 Å². The maximum absolute atomic E-state index is 10.6. The molecule has 2 atom stereocenters. The average Bonchev–Trinajstić information content (AvgIpc) is 2.23. The van der Waals surface area contributed by atoms with Crippen LogP contribution in [-0.2, 0) is 10.1 Å². The SMILES string of the molecule is CCN(CCCS(=O)(=O)[O-])C1CCCC(C)C1.[Na+]. The van der Waals surface area contributed by atoms with Crippen LogP contribution < -0.4 is 29.6 Å². The summed E-state index contributed by atoms with van der Waals surface area (Å²) < 4.78 is 31.7. The Labute approximate surface area is 134 Å². The van der Waals surface area contributed by atoms with Crippen LogP contribution in [0.3, 0.4) is 0 Å². The molecule has 0 aliphatic heterocycles. The molecule has 0 radical (unpaired) electrons. The van der Waals surface area contributed by atoms with E-state index < -0.39 is 10.1 Å². The summed E-state index contributed by atoms with van der Waals surface area (Å²) in [5.41, 5.74) is 0. The quantitative estimate of drug-likeness (QED) is 0.456. The van der Waals surface area contributed by atoms with Gasteiger partial charge in [-0.2, -0.15) is 0 Å². The Hall–Kier alpha value is 0.870. The largest absolute Gasteiger partial charge is 1.00 e. The predicted molar refractivity (Wildman–Crippen MR) is 67.8 cm³/mol. The van der Waals surface area contributed by atoms with Gasteiger partial charge >= 0.3 is 29.6 Å². The van der Waals surface area contributed by atoms with Crippen molar-refractivity contribution in [3.8, 4) is 0 Å². The van der Waals surface area contributed by atoms with E-state index in [4.69, 9.17) is 0 Å². The third-order valence-electron chi connectivity index (χ3n) is 3.67. The van der Waals surface area contributed by atoms with Crippen molar-refractivity contribution in [2.45, 2.75) is 52.0 Å². The normalized spacial score (nSPS) is 24.9. The van der Waals surface area contributed by atoms with Crippen molar-refractivity contribution in [3.63, 3.8) is 0 Å². The van der Waals surface area contributed by atoms with E-state index in [1.54, 1.807) is 0 Å². The molecule has 1 rings (SSSR count). The predicted octanol–water partition coefficient (Wildman–Crippen LogP) is -1.17. The van der Waals surface area contributed by atoms with Crippen molar-refractivity contribution < 1.29 is 42.5 Å². The molecule has 0 heterocycles. The molecule has 0 aromatic heterocycles. The van der Waals surface area contributed by atoms with Gasteiger partial charge in [-0.25, -0.2) is 8.42 Å². The van der Waals surface area contributed by atoms with Gasteiger partial charge in [0.25, 0.3) is 0 Å². The molecule has 0 bridgehead atoms. The summed E-state index contributed by atoms with van der Waals surface area (Å²) in [5, 5.41) is 0. The van der Waals surface area contributed by atoms with Crippen molar-refractivity contribution in [1.29, 1.82) is 0 Å². The molecule has 1 aliphatic carbocycles. The van der Waals surface area contributed by atoms with E-state index >= 15 is 0 Å². The van der Waals surface area contributed by atoms with Crippen LogP contribution in [-0.4, -0.2) is 42.8 Å². The van der Waals surface area contributed by atoms with E-state index in [9.17, 15) is 13.0 Å². The Morgan fingerprint density at radius 3 is 2.50 bits per heavy atom. The number of nitrogens with zero attached hydrogens (tertiary/aromatic N) is 1. The summed E-state index contributed by atoms with van der Waals surface area (Å²) >= 11 is 0. The average molecular weight is 285 g/mol. The zero-order chi connectivity index (χ0) is 12.9. The van der Waals surface area contributed by atoms with Gasteiger partial charge in [-0.3, -0.25) is 0 Å². The molecule has 0 N–H and O–H groups in total. The maximum Gasteiger partial charge on any atom is 1.00 e. The fourth-order valence-electron chi connectivity index (χ4n) is 2.78. The van der Waals surface area contributed by atoms with Crippen LogP contribution in [0.1, 0.15) is 46.0 Å². The summed E-state index contributed by atoms with van der Waals surface area (Å²) in [4.78, 5) is 2.33. The van der Waals surface area contributed by atoms with Crippen LogP contribution in [0.4, 0.5) is 0 Å². The van der Waals surface area contributed by atoms with E-state index in [1.807, 2.05) is 0 Å². The first-order valence-corrected chi connectivity index (χ1v) is 8.17. The van der Waals surface area contributed by atoms with E-state index in [0.717, 1.165) is 19.0 Å². The molecule has 6 heteroatoms. The molecule has 18 heavy (non-hydrogen) atoms. The molecule has 0 spiro atoms. The summed E-state index contributed by atoms with van der Waals surface area (Å²) in [7, 11) is -4.05. The molecule has 2 unspecified atom stereocenters. The van der Waals surface area contributed by atoms with E-state index in [2.05, 4.69) is 18.7 Å². The van der Waals surface area contributed by atoms with Gasteiger partial charge < -0.3 is 9.45 Å². The fourth-order valence-corrected chi connectivity index (χ4v) is 3.26. The van der Waals surface area contributed by atoms with Crippen molar-refractivity contribution >= 4 is 10.1 Å². The standard InChI is InChI=1S/C12H25NO3S.Na/c1-3-13(8-5-9-17(14,15)16)12-7-4-6-11(2)10-12;/h11-12H,3-10H2,1-2H3,(H,14,15,16);/q;+1/p-1. The van der Waals surface area contributed by atoms with Crippen LogP contribution >= 0.6 is 0 Å². The molecule has 1 fully saturated rings. The molecule has 1 aliphatic rings. The number of hydrogen-bond donors (Lipinski definition) is 0. The molecule has 4 nitrogen and oxygen atoms in total. The summed E-state index contributed by atoms with van der Waals surface area (Å²) in [6.07, 6.45) is 5.45. The molecule has 0 aromatic rings. The topological polar surface area (TPSA) is 60.4 Å². The zero-order valence-corrected chi connectivity index (χ0v) is 14.7. The molecule has 0 amide bonds. The first-order chi connectivity index (χ1) is 7.92. The Balaban J connectivity index is 0.00000289. The minimum atomic E-state index is -4.05. The molecule has 0 aromatic carbocycles. The molecule has 0 saturated heterocycles. The fraction of sp³-hybridized carbons (Fsp3) is 1.00. The van der Waals surface area contributed by atoms with E-state index in [1.165, 1.54) is 25.7 Å². The van der Waals surface area contributed by atoms with Gasteiger partial charge in [0.2, 0.25) is 0 Å². The second-order valence-electron chi connectivity index (χ2n) is 5.17. The summed E-state index contributed by atoms with van der Waals surface area (Å²) in [5.74, 6) is 0.539. The van der Waals surface area contributed by atoms with Gasteiger partial charge in [0.05, 0.1) is 10.1 Å². The first-order valence-electron chi connectivity index (χ1n) is 6.60. The Morgan fingerprint density at radius 2 is 2.00 bits per heavy atom.